The number of amides is 1. The number of hydrogen-bond acceptors (Lipinski definition) is 6. The summed E-state index contributed by atoms with van der Waals surface area (Å²) in [4.78, 5) is 14.4. The number of rotatable bonds is 5. The van der Waals surface area contributed by atoms with Crippen LogP contribution in [0.15, 0.2) is 48.7 Å². The largest absolute Gasteiger partial charge is 0.466 e. The monoisotopic (exact) mass is 432 g/mol. The molecular weight excluding hydrogens is 413 g/mol. The van der Waals surface area contributed by atoms with Crippen LogP contribution < -0.4 is 15.0 Å². The minimum absolute atomic E-state index is 0.0642. The smallest absolute Gasteiger partial charge is 0.416 e. The van der Waals surface area contributed by atoms with Gasteiger partial charge in [-0.25, -0.2) is 0 Å². The van der Waals surface area contributed by atoms with Crippen LogP contribution in [-0.2, 0) is 15.7 Å². The highest BCUT2D eigenvalue weighted by molar-refractivity contribution is 5.96. The number of nitrogens with zero attached hydrogens (tertiary/aromatic N) is 3. The van der Waals surface area contributed by atoms with E-state index in [2.05, 4.69) is 15.5 Å². The van der Waals surface area contributed by atoms with E-state index in [1.807, 2.05) is 17.0 Å². The molecule has 1 aliphatic rings. The first-order valence-electron chi connectivity index (χ1n) is 9.59. The Morgan fingerprint density at radius 3 is 2.71 bits per heavy atom. The van der Waals surface area contributed by atoms with Gasteiger partial charge in [0.25, 0.3) is 5.91 Å². The number of benzene rings is 2. The van der Waals surface area contributed by atoms with Crippen molar-refractivity contribution in [2.45, 2.75) is 6.18 Å². The Morgan fingerprint density at radius 2 is 1.94 bits per heavy atom. The standard InChI is InChI=1S/C21H19F3N4O3/c22-21(23,24)15-5-6-18(28-7-9-30-10-8-28)17(11-15)26-19(29)13-31-20-16-4-2-1-3-14(16)12-25-27-20/h1-6,11-12H,7-10,13H2,(H,26,29). The van der Waals surface area contributed by atoms with Crippen LogP contribution in [-0.4, -0.2) is 49.0 Å². The third kappa shape index (κ3) is 4.85. The van der Waals surface area contributed by atoms with Gasteiger partial charge in [-0.2, -0.15) is 18.3 Å². The Labute approximate surface area is 175 Å². The maximum Gasteiger partial charge on any atom is 0.416 e. The number of carbonyl (C=O) groups is 1. The molecule has 1 aliphatic heterocycles. The molecule has 2 heterocycles. The molecule has 0 bridgehead atoms. The molecule has 2 aromatic carbocycles. The van der Waals surface area contributed by atoms with Crippen molar-refractivity contribution in [2.24, 2.45) is 0 Å². The van der Waals surface area contributed by atoms with Crippen LogP contribution in [0.25, 0.3) is 10.8 Å². The van der Waals surface area contributed by atoms with E-state index in [1.54, 1.807) is 18.3 Å². The normalized spacial score (nSPS) is 14.5. The minimum atomic E-state index is -4.53. The fourth-order valence-electron chi connectivity index (χ4n) is 3.32. The van der Waals surface area contributed by atoms with Gasteiger partial charge in [0, 0.05) is 23.9 Å². The fraction of sp³-hybridized carbons (Fsp3) is 0.286. The summed E-state index contributed by atoms with van der Waals surface area (Å²) >= 11 is 0. The molecule has 1 aromatic heterocycles. The van der Waals surface area contributed by atoms with Crippen molar-refractivity contribution in [2.75, 3.05) is 43.1 Å². The van der Waals surface area contributed by atoms with Crippen LogP contribution in [0, 0.1) is 0 Å². The molecule has 4 rings (SSSR count). The highest BCUT2D eigenvalue weighted by Crippen LogP contribution is 2.35. The first-order valence-corrected chi connectivity index (χ1v) is 9.59. The van der Waals surface area contributed by atoms with Crippen molar-refractivity contribution < 1.29 is 27.4 Å². The molecule has 10 heteroatoms. The van der Waals surface area contributed by atoms with Gasteiger partial charge in [-0.15, -0.1) is 5.10 Å². The maximum atomic E-state index is 13.2. The SMILES string of the molecule is O=C(COc1nncc2ccccc12)Nc1cc(C(F)(F)F)ccc1N1CCOCC1. The van der Waals surface area contributed by atoms with Crippen molar-refractivity contribution in [1.29, 1.82) is 0 Å². The van der Waals surface area contributed by atoms with E-state index in [-0.39, 0.29) is 11.6 Å². The number of ether oxygens (including phenoxy) is 2. The van der Waals surface area contributed by atoms with Crippen molar-refractivity contribution in [3.63, 3.8) is 0 Å². The predicted octanol–water partition coefficient (Wildman–Crippen LogP) is 3.50. The van der Waals surface area contributed by atoms with Crippen LogP contribution in [0.1, 0.15) is 5.56 Å². The average molecular weight is 432 g/mol. The molecule has 1 saturated heterocycles. The lowest BCUT2D eigenvalue weighted by atomic mass is 10.1. The number of fused-ring (bicyclic) bond motifs is 1. The molecule has 162 valence electrons. The first kappa shape index (κ1) is 20.9. The van der Waals surface area contributed by atoms with Gasteiger partial charge < -0.3 is 19.7 Å². The maximum absolute atomic E-state index is 13.2. The van der Waals surface area contributed by atoms with Crippen LogP contribution in [0.3, 0.4) is 0 Å². The summed E-state index contributed by atoms with van der Waals surface area (Å²) in [6.45, 7) is 1.50. The zero-order valence-corrected chi connectivity index (χ0v) is 16.4. The molecule has 1 amide bonds. The highest BCUT2D eigenvalue weighted by Gasteiger charge is 2.32. The van der Waals surface area contributed by atoms with Gasteiger partial charge >= 0.3 is 6.18 Å². The van der Waals surface area contributed by atoms with Gasteiger partial charge in [-0.1, -0.05) is 18.2 Å². The van der Waals surface area contributed by atoms with E-state index in [0.717, 1.165) is 17.5 Å². The topological polar surface area (TPSA) is 76.6 Å². The molecule has 0 radical (unpaired) electrons. The summed E-state index contributed by atoms with van der Waals surface area (Å²) in [5, 5.41) is 11.8. The number of halogens is 3. The Hall–Kier alpha value is -3.40. The Morgan fingerprint density at radius 1 is 1.16 bits per heavy atom. The van der Waals surface area contributed by atoms with Crippen molar-refractivity contribution in [3.05, 3.63) is 54.2 Å². The summed E-state index contributed by atoms with van der Waals surface area (Å²) in [5.74, 6) is -0.436. The van der Waals surface area contributed by atoms with E-state index < -0.39 is 24.3 Å². The van der Waals surface area contributed by atoms with Crippen LogP contribution in [0.4, 0.5) is 24.5 Å². The number of carbonyl (C=O) groups excluding carboxylic acids is 1. The second kappa shape index (κ2) is 8.76. The lowest BCUT2D eigenvalue weighted by Crippen LogP contribution is -2.37. The van der Waals surface area contributed by atoms with Gasteiger partial charge in [0.05, 0.1) is 36.3 Å². The summed E-state index contributed by atoms with van der Waals surface area (Å²) in [6, 6.07) is 10.5. The molecule has 1 N–H and O–H groups in total. The van der Waals surface area contributed by atoms with Gasteiger partial charge in [0.15, 0.2) is 6.61 Å². The number of hydrogen-bond donors (Lipinski definition) is 1. The molecule has 3 aromatic rings. The summed E-state index contributed by atoms with van der Waals surface area (Å²) in [5.41, 5.74) is -0.287. The van der Waals surface area contributed by atoms with Gasteiger partial charge in [0.2, 0.25) is 5.88 Å². The highest BCUT2D eigenvalue weighted by atomic mass is 19.4. The minimum Gasteiger partial charge on any atom is -0.466 e. The van der Waals surface area contributed by atoms with Crippen molar-refractivity contribution >= 4 is 28.1 Å². The third-order valence-electron chi connectivity index (χ3n) is 4.83. The van der Waals surface area contributed by atoms with Gasteiger partial charge in [-0.05, 0) is 24.3 Å². The second-order valence-electron chi connectivity index (χ2n) is 6.90. The molecule has 31 heavy (non-hydrogen) atoms. The zero-order valence-electron chi connectivity index (χ0n) is 16.4. The lowest BCUT2D eigenvalue weighted by molar-refractivity contribution is -0.137. The third-order valence-corrected chi connectivity index (χ3v) is 4.83. The number of anilines is 2. The summed E-state index contributed by atoms with van der Waals surface area (Å²) < 4.78 is 50.4. The molecular formula is C21H19F3N4O3. The van der Waals surface area contributed by atoms with Crippen LogP contribution >= 0.6 is 0 Å². The van der Waals surface area contributed by atoms with Gasteiger partial charge in [0.1, 0.15) is 0 Å². The van der Waals surface area contributed by atoms with E-state index in [1.165, 1.54) is 6.07 Å². The first-order chi connectivity index (χ1) is 14.9. The molecule has 0 unspecified atom stereocenters. The van der Waals surface area contributed by atoms with E-state index in [0.29, 0.717) is 37.4 Å². The number of alkyl halides is 3. The predicted molar refractivity (Wildman–Crippen MR) is 108 cm³/mol. The number of morpholine rings is 1. The van der Waals surface area contributed by atoms with Crippen molar-refractivity contribution in [1.82, 2.24) is 10.2 Å². The average Bonchev–Trinajstić information content (AvgIpc) is 2.77. The summed E-state index contributed by atoms with van der Waals surface area (Å²) in [7, 11) is 0. The Kier molecular flexibility index (Phi) is 5.90. The van der Waals surface area contributed by atoms with Crippen LogP contribution in [0.2, 0.25) is 0 Å². The number of aromatic nitrogens is 2. The number of nitrogens with one attached hydrogen (secondary N) is 1. The Bertz CT molecular complexity index is 1080. The molecule has 1 fully saturated rings. The van der Waals surface area contributed by atoms with Crippen molar-refractivity contribution in [3.8, 4) is 5.88 Å². The Balaban J connectivity index is 1.53. The summed E-state index contributed by atoms with van der Waals surface area (Å²) in [6.07, 6.45) is -2.96. The molecule has 0 aliphatic carbocycles. The van der Waals surface area contributed by atoms with Crippen LogP contribution in [0.5, 0.6) is 5.88 Å². The molecule has 0 atom stereocenters. The quantitative estimate of drug-likeness (QED) is 0.665. The molecule has 7 nitrogen and oxygen atoms in total. The van der Waals surface area contributed by atoms with E-state index in [9.17, 15) is 18.0 Å². The second-order valence-corrected chi connectivity index (χ2v) is 6.90. The van der Waals surface area contributed by atoms with Gasteiger partial charge in [-0.3, -0.25) is 4.79 Å². The fourth-order valence-corrected chi connectivity index (χ4v) is 3.32. The molecule has 0 saturated carbocycles. The van der Waals surface area contributed by atoms with E-state index >= 15 is 0 Å². The lowest BCUT2D eigenvalue weighted by Gasteiger charge is -2.31. The zero-order chi connectivity index (χ0) is 21.8. The molecule has 0 spiro atoms. The van der Waals surface area contributed by atoms with E-state index in [4.69, 9.17) is 9.47 Å².